The third-order valence-electron chi connectivity index (χ3n) is 3.67. The van der Waals surface area contributed by atoms with E-state index in [2.05, 4.69) is 20.8 Å². The van der Waals surface area contributed by atoms with Crippen LogP contribution in [0.15, 0.2) is 47.7 Å². The van der Waals surface area contributed by atoms with Crippen LogP contribution in [0.4, 0.5) is 5.82 Å². The van der Waals surface area contributed by atoms with Gasteiger partial charge in [0.25, 0.3) is 5.91 Å². The summed E-state index contributed by atoms with van der Waals surface area (Å²) >= 11 is 0. The minimum Gasteiger partial charge on any atom is -0.352 e. The Balaban J connectivity index is 0.00000190. The average Bonchev–Trinajstić information content (AvgIpc) is 2.74. The van der Waals surface area contributed by atoms with Gasteiger partial charge in [-0.25, -0.2) is 4.98 Å². The fraction of sp³-hybridized carbons (Fsp3) is 0.364. The average molecular weight is 383 g/mol. The van der Waals surface area contributed by atoms with Gasteiger partial charge in [-0.15, -0.1) is 0 Å². The summed E-state index contributed by atoms with van der Waals surface area (Å²) in [7, 11) is 0. The van der Waals surface area contributed by atoms with Gasteiger partial charge in [-0.2, -0.15) is 5.10 Å². The second-order valence-electron chi connectivity index (χ2n) is 6.20. The number of anilines is 1. The molecule has 0 aliphatic carbocycles. The van der Waals surface area contributed by atoms with Gasteiger partial charge >= 0.3 is 0 Å². The summed E-state index contributed by atoms with van der Waals surface area (Å²) in [5, 5.41) is 6.96. The molecule has 150 valence electrons. The summed E-state index contributed by atoms with van der Waals surface area (Å²) < 4.78 is 0. The van der Waals surface area contributed by atoms with Crippen molar-refractivity contribution < 1.29 is 9.59 Å². The molecule has 2 rings (SSSR count). The molecule has 1 aromatic carbocycles. The molecule has 28 heavy (non-hydrogen) atoms. The number of hydrogen-bond acceptors (Lipinski definition) is 5. The lowest BCUT2D eigenvalue weighted by atomic mass is 10.0. The van der Waals surface area contributed by atoms with Gasteiger partial charge in [-0.3, -0.25) is 15.0 Å². The van der Waals surface area contributed by atoms with E-state index in [0.29, 0.717) is 23.5 Å². The lowest BCUT2D eigenvalue weighted by Gasteiger charge is -2.05. The Morgan fingerprint density at radius 2 is 1.71 bits per heavy atom. The van der Waals surface area contributed by atoms with Gasteiger partial charge in [0.1, 0.15) is 5.82 Å². The number of carbonyl (C=O) groups is 2. The largest absolute Gasteiger partial charge is 0.352 e. The normalized spacial score (nSPS) is 10.4. The van der Waals surface area contributed by atoms with E-state index in [1.54, 1.807) is 36.7 Å². The predicted molar refractivity (Wildman–Crippen MR) is 115 cm³/mol. The van der Waals surface area contributed by atoms with E-state index in [1.807, 2.05) is 46.8 Å². The highest BCUT2D eigenvalue weighted by Crippen LogP contribution is 2.10. The Kier molecular flexibility index (Phi) is 10.2. The molecule has 0 radical (unpaired) electrons. The van der Waals surface area contributed by atoms with Crippen LogP contribution in [-0.2, 0) is 0 Å². The molecule has 0 spiro atoms. The van der Waals surface area contributed by atoms with Crippen LogP contribution in [0.2, 0.25) is 0 Å². The second kappa shape index (κ2) is 12.4. The van der Waals surface area contributed by atoms with Gasteiger partial charge in [-0.1, -0.05) is 46.8 Å². The van der Waals surface area contributed by atoms with Crippen LogP contribution in [0.3, 0.4) is 0 Å². The number of amides is 1. The first-order chi connectivity index (χ1) is 13.5. The molecule has 0 atom stereocenters. The third-order valence-corrected chi connectivity index (χ3v) is 3.67. The van der Waals surface area contributed by atoms with Crippen molar-refractivity contribution in [2.75, 3.05) is 12.0 Å². The number of aromatic nitrogens is 1. The molecule has 1 heterocycles. The minimum atomic E-state index is -0.0753. The van der Waals surface area contributed by atoms with Crippen LogP contribution in [0.1, 0.15) is 67.3 Å². The van der Waals surface area contributed by atoms with Crippen LogP contribution in [-0.4, -0.2) is 29.4 Å². The molecule has 2 N–H and O–H groups in total. The predicted octanol–water partition coefficient (Wildman–Crippen LogP) is 4.53. The molecule has 0 bridgehead atoms. The molecule has 0 unspecified atom stereocenters. The van der Waals surface area contributed by atoms with E-state index in [1.165, 1.54) is 0 Å². The highest BCUT2D eigenvalue weighted by molar-refractivity contribution is 5.97. The number of carbonyl (C=O) groups excluding carboxylic acids is 2. The zero-order chi connectivity index (χ0) is 20.9. The first-order valence-corrected chi connectivity index (χ1v) is 9.69. The number of ketones is 1. The molecular formula is C22H30N4O2. The number of hydrazone groups is 1. The molecule has 1 aromatic heterocycles. The zero-order valence-electron chi connectivity index (χ0n) is 17.3. The van der Waals surface area contributed by atoms with E-state index in [0.717, 1.165) is 12.0 Å². The topological polar surface area (TPSA) is 83.5 Å². The van der Waals surface area contributed by atoms with E-state index >= 15 is 0 Å². The van der Waals surface area contributed by atoms with E-state index < -0.39 is 0 Å². The maximum Gasteiger partial charge on any atom is 0.251 e. The maximum absolute atomic E-state index is 11.9. The van der Waals surface area contributed by atoms with Gasteiger partial charge in [-0.05, 0) is 36.2 Å². The van der Waals surface area contributed by atoms with Gasteiger partial charge in [0.15, 0.2) is 5.78 Å². The van der Waals surface area contributed by atoms with Crippen molar-refractivity contribution in [3.05, 3.63) is 59.3 Å². The monoisotopic (exact) mass is 382 g/mol. The maximum atomic E-state index is 11.9. The number of rotatable bonds is 8. The van der Waals surface area contributed by atoms with Gasteiger partial charge in [0.2, 0.25) is 0 Å². The highest BCUT2D eigenvalue weighted by Gasteiger charge is 2.10. The lowest BCUT2D eigenvalue weighted by molar-refractivity contribution is 0.0936. The number of benzene rings is 1. The Hall–Kier alpha value is -3.02. The molecule has 1 amide bonds. The zero-order valence-corrected chi connectivity index (χ0v) is 17.3. The Labute approximate surface area is 167 Å². The van der Waals surface area contributed by atoms with E-state index in [9.17, 15) is 9.59 Å². The number of nitrogens with zero attached hydrogens (tertiary/aromatic N) is 2. The van der Waals surface area contributed by atoms with Crippen molar-refractivity contribution >= 4 is 23.7 Å². The Bertz CT molecular complexity index is 766. The van der Waals surface area contributed by atoms with Crippen molar-refractivity contribution in [2.45, 2.75) is 41.0 Å². The van der Waals surface area contributed by atoms with Crippen molar-refractivity contribution in [2.24, 2.45) is 11.0 Å². The first-order valence-electron chi connectivity index (χ1n) is 9.69. The fourth-order valence-corrected chi connectivity index (χ4v) is 2.17. The van der Waals surface area contributed by atoms with Crippen LogP contribution in [0.5, 0.6) is 0 Å². The Morgan fingerprint density at radius 1 is 1.07 bits per heavy atom. The summed E-state index contributed by atoms with van der Waals surface area (Å²) in [5.74, 6) is 0.488. The van der Waals surface area contributed by atoms with Crippen LogP contribution >= 0.6 is 0 Å². The van der Waals surface area contributed by atoms with Gasteiger partial charge < -0.3 is 5.32 Å². The quantitative estimate of drug-likeness (QED) is 0.399. The van der Waals surface area contributed by atoms with Crippen molar-refractivity contribution in [1.82, 2.24) is 10.3 Å². The molecule has 6 heteroatoms. The number of pyridine rings is 1. The SMILES string of the molecule is CC.CCCNC(=O)c1ccc(/C=N/Nc2ccc(C(=O)C(C)C)cn2)cc1. The minimum absolute atomic E-state index is 0.0549. The number of nitrogens with one attached hydrogen (secondary N) is 2. The number of hydrogen-bond donors (Lipinski definition) is 2. The molecule has 6 nitrogen and oxygen atoms in total. The standard InChI is InChI=1S/C20H24N4O2.C2H6/c1-4-11-21-20(26)16-7-5-15(6-8-16)12-23-24-18-10-9-17(13-22-18)19(25)14(2)3;1-2/h5-10,12-14H,4,11H2,1-3H3,(H,21,26)(H,22,24);1-2H3/b23-12+;. The van der Waals surface area contributed by atoms with E-state index in [-0.39, 0.29) is 17.6 Å². The highest BCUT2D eigenvalue weighted by atomic mass is 16.1. The summed E-state index contributed by atoms with van der Waals surface area (Å²) in [6, 6.07) is 10.6. The third kappa shape index (κ3) is 7.31. The summed E-state index contributed by atoms with van der Waals surface area (Å²) in [4.78, 5) is 27.9. The van der Waals surface area contributed by atoms with Crippen molar-refractivity contribution in [1.29, 1.82) is 0 Å². The van der Waals surface area contributed by atoms with Crippen LogP contribution in [0, 0.1) is 5.92 Å². The van der Waals surface area contributed by atoms with Gasteiger partial charge in [0, 0.05) is 29.8 Å². The molecule has 2 aromatic rings. The molecule has 0 aliphatic rings. The van der Waals surface area contributed by atoms with Crippen molar-refractivity contribution in [3.8, 4) is 0 Å². The van der Waals surface area contributed by atoms with Crippen LogP contribution < -0.4 is 10.7 Å². The van der Waals surface area contributed by atoms with E-state index in [4.69, 9.17) is 0 Å². The second-order valence-corrected chi connectivity index (χ2v) is 6.20. The van der Waals surface area contributed by atoms with Crippen molar-refractivity contribution in [3.63, 3.8) is 0 Å². The summed E-state index contributed by atoms with van der Waals surface area (Å²) in [6.45, 7) is 10.4. The molecule has 0 fully saturated rings. The molecular weight excluding hydrogens is 352 g/mol. The molecule has 0 aliphatic heterocycles. The summed E-state index contributed by atoms with van der Waals surface area (Å²) in [6.07, 6.45) is 4.09. The van der Waals surface area contributed by atoms with Crippen LogP contribution in [0.25, 0.3) is 0 Å². The Morgan fingerprint density at radius 3 is 2.25 bits per heavy atom. The smallest absolute Gasteiger partial charge is 0.251 e. The fourth-order valence-electron chi connectivity index (χ4n) is 2.17. The summed E-state index contributed by atoms with van der Waals surface area (Å²) in [5.41, 5.74) is 4.89. The molecule has 0 saturated heterocycles. The first kappa shape index (κ1) is 23.0. The molecule has 0 saturated carbocycles. The number of Topliss-reactive ketones (excluding diaryl/α,β-unsaturated/α-hetero) is 1. The van der Waals surface area contributed by atoms with Gasteiger partial charge in [0.05, 0.1) is 6.21 Å². The lowest BCUT2D eigenvalue weighted by Crippen LogP contribution is -2.23.